The highest BCUT2D eigenvalue weighted by Gasteiger charge is 2.01. The molecule has 0 amide bonds. The highest BCUT2D eigenvalue weighted by atomic mass is 35.5. The molecule has 1 heterocycles. The molecular formula is C9H13ClS. The van der Waals surface area contributed by atoms with Crippen LogP contribution >= 0.6 is 22.9 Å². The SMILES string of the molecule is CCC(Cl)CCc1cccs1. The first-order chi connectivity index (χ1) is 5.33. The van der Waals surface area contributed by atoms with E-state index >= 15 is 0 Å². The van der Waals surface area contributed by atoms with E-state index in [0.29, 0.717) is 5.38 Å². The van der Waals surface area contributed by atoms with E-state index in [1.807, 2.05) is 11.3 Å². The number of hydrogen-bond acceptors (Lipinski definition) is 1. The molecule has 2 heteroatoms. The quantitative estimate of drug-likeness (QED) is 0.633. The molecule has 1 unspecified atom stereocenters. The zero-order valence-electron chi connectivity index (χ0n) is 6.72. The predicted octanol–water partition coefficient (Wildman–Crippen LogP) is 3.70. The first kappa shape index (κ1) is 9.08. The molecule has 1 rings (SSSR count). The van der Waals surface area contributed by atoms with Crippen LogP contribution in [-0.4, -0.2) is 5.38 Å². The number of halogens is 1. The van der Waals surface area contributed by atoms with Crippen LogP contribution in [0.15, 0.2) is 17.5 Å². The molecule has 0 saturated carbocycles. The Balaban J connectivity index is 2.23. The Hall–Kier alpha value is -0.0100. The van der Waals surface area contributed by atoms with E-state index in [9.17, 15) is 0 Å². The summed E-state index contributed by atoms with van der Waals surface area (Å²) in [6.07, 6.45) is 3.32. The van der Waals surface area contributed by atoms with Crippen LogP contribution < -0.4 is 0 Å². The van der Waals surface area contributed by atoms with Gasteiger partial charge in [0.15, 0.2) is 0 Å². The molecule has 0 N–H and O–H groups in total. The summed E-state index contributed by atoms with van der Waals surface area (Å²) in [5.41, 5.74) is 0. The summed E-state index contributed by atoms with van der Waals surface area (Å²) in [5.74, 6) is 0. The van der Waals surface area contributed by atoms with Gasteiger partial charge in [0, 0.05) is 10.3 Å². The van der Waals surface area contributed by atoms with Crippen LogP contribution in [-0.2, 0) is 6.42 Å². The molecule has 1 atom stereocenters. The van der Waals surface area contributed by atoms with Crippen LogP contribution in [0.3, 0.4) is 0 Å². The third-order valence-electron chi connectivity index (χ3n) is 1.73. The maximum Gasteiger partial charge on any atom is 0.0336 e. The van der Waals surface area contributed by atoms with Gasteiger partial charge >= 0.3 is 0 Å². The summed E-state index contributed by atoms with van der Waals surface area (Å²) in [5, 5.41) is 2.47. The Morgan fingerprint density at radius 3 is 3.00 bits per heavy atom. The van der Waals surface area contributed by atoms with E-state index < -0.39 is 0 Å². The molecule has 0 fully saturated rings. The molecule has 0 aliphatic heterocycles. The van der Waals surface area contributed by atoms with E-state index in [0.717, 1.165) is 19.3 Å². The number of aryl methyl sites for hydroxylation is 1. The minimum Gasteiger partial charge on any atom is -0.149 e. The van der Waals surface area contributed by atoms with Crippen molar-refractivity contribution in [3.8, 4) is 0 Å². The summed E-state index contributed by atoms with van der Waals surface area (Å²) in [7, 11) is 0. The van der Waals surface area contributed by atoms with Crippen molar-refractivity contribution >= 4 is 22.9 Å². The molecule has 1 aromatic heterocycles. The second kappa shape index (κ2) is 4.78. The van der Waals surface area contributed by atoms with Crippen molar-refractivity contribution < 1.29 is 0 Å². The fourth-order valence-corrected chi connectivity index (χ4v) is 1.79. The van der Waals surface area contributed by atoms with Crippen molar-refractivity contribution in [2.75, 3.05) is 0 Å². The van der Waals surface area contributed by atoms with Gasteiger partial charge in [-0.25, -0.2) is 0 Å². The molecule has 1 aromatic rings. The van der Waals surface area contributed by atoms with E-state index in [-0.39, 0.29) is 0 Å². The second-order valence-electron chi connectivity index (χ2n) is 2.62. The average molecular weight is 189 g/mol. The van der Waals surface area contributed by atoms with Crippen molar-refractivity contribution in [1.29, 1.82) is 0 Å². The number of hydrogen-bond donors (Lipinski definition) is 0. The van der Waals surface area contributed by atoms with Gasteiger partial charge in [-0.15, -0.1) is 22.9 Å². The van der Waals surface area contributed by atoms with Gasteiger partial charge in [-0.3, -0.25) is 0 Å². The van der Waals surface area contributed by atoms with Crippen molar-refractivity contribution in [1.82, 2.24) is 0 Å². The largest absolute Gasteiger partial charge is 0.149 e. The number of rotatable bonds is 4. The Bertz CT molecular complexity index is 181. The summed E-state index contributed by atoms with van der Waals surface area (Å²) >= 11 is 7.80. The third kappa shape index (κ3) is 3.26. The highest BCUT2D eigenvalue weighted by molar-refractivity contribution is 7.09. The molecule has 0 nitrogen and oxygen atoms in total. The van der Waals surface area contributed by atoms with Gasteiger partial charge in [0.2, 0.25) is 0 Å². The zero-order valence-corrected chi connectivity index (χ0v) is 8.29. The van der Waals surface area contributed by atoms with Crippen molar-refractivity contribution in [3.63, 3.8) is 0 Å². The summed E-state index contributed by atoms with van der Waals surface area (Å²) in [6.45, 7) is 2.13. The maximum absolute atomic E-state index is 5.99. The number of thiophene rings is 1. The van der Waals surface area contributed by atoms with Crippen molar-refractivity contribution in [3.05, 3.63) is 22.4 Å². The Kier molecular flexibility index (Phi) is 3.95. The fraction of sp³-hybridized carbons (Fsp3) is 0.556. The van der Waals surface area contributed by atoms with Crippen LogP contribution in [0.5, 0.6) is 0 Å². The smallest absolute Gasteiger partial charge is 0.0336 e. The average Bonchev–Trinajstić information content (AvgIpc) is 2.52. The van der Waals surface area contributed by atoms with Gasteiger partial charge < -0.3 is 0 Å². The normalized spacial score (nSPS) is 13.3. The molecule has 0 aliphatic carbocycles. The third-order valence-corrected chi connectivity index (χ3v) is 3.19. The lowest BCUT2D eigenvalue weighted by atomic mass is 10.2. The standard InChI is InChI=1S/C9H13ClS/c1-2-8(10)5-6-9-4-3-7-11-9/h3-4,7-8H,2,5-6H2,1H3. The molecule has 0 spiro atoms. The highest BCUT2D eigenvalue weighted by Crippen LogP contribution is 2.15. The van der Waals surface area contributed by atoms with Gasteiger partial charge in [-0.05, 0) is 30.7 Å². The van der Waals surface area contributed by atoms with Crippen molar-refractivity contribution in [2.45, 2.75) is 31.6 Å². The summed E-state index contributed by atoms with van der Waals surface area (Å²) in [6, 6.07) is 4.26. The van der Waals surface area contributed by atoms with Gasteiger partial charge in [0.05, 0.1) is 0 Å². The van der Waals surface area contributed by atoms with Crippen molar-refractivity contribution in [2.24, 2.45) is 0 Å². The predicted molar refractivity (Wildman–Crippen MR) is 52.6 cm³/mol. The van der Waals surface area contributed by atoms with Crippen LogP contribution in [0.2, 0.25) is 0 Å². The van der Waals surface area contributed by atoms with E-state index in [4.69, 9.17) is 11.6 Å². The van der Waals surface area contributed by atoms with Crippen LogP contribution in [0.25, 0.3) is 0 Å². The van der Waals surface area contributed by atoms with E-state index in [1.54, 1.807) is 0 Å². The number of alkyl halides is 1. The molecule has 11 heavy (non-hydrogen) atoms. The van der Waals surface area contributed by atoms with Gasteiger partial charge in [-0.1, -0.05) is 13.0 Å². The molecule has 0 aliphatic rings. The van der Waals surface area contributed by atoms with Gasteiger partial charge in [-0.2, -0.15) is 0 Å². The molecule has 0 aromatic carbocycles. The first-order valence-electron chi connectivity index (χ1n) is 3.99. The van der Waals surface area contributed by atoms with Crippen LogP contribution in [0, 0.1) is 0 Å². The summed E-state index contributed by atoms with van der Waals surface area (Å²) < 4.78 is 0. The second-order valence-corrected chi connectivity index (χ2v) is 4.27. The maximum atomic E-state index is 5.99. The van der Waals surface area contributed by atoms with Gasteiger partial charge in [0.25, 0.3) is 0 Å². The Labute approximate surface area is 77.2 Å². The zero-order chi connectivity index (χ0) is 8.10. The molecule has 62 valence electrons. The fourth-order valence-electron chi connectivity index (χ4n) is 0.958. The van der Waals surface area contributed by atoms with Crippen LogP contribution in [0.4, 0.5) is 0 Å². The minimum absolute atomic E-state index is 0.358. The van der Waals surface area contributed by atoms with Gasteiger partial charge in [0.1, 0.15) is 0 Å². The summed E-state index contributed by atoms with van der Waals surface area (Å²) in [4.78, 5) is 1.45. The molecule has 0 saturated heterocycles. The Morgan fingerprint density at radius 1 is 1.64 bits per heavy atom. The molecule has 0 radical (unpaired) electrons. The first-order valence-corrected chi connectivity index (χ1v) is 5.31. The van der Waals surface area contributed by atoms with E-state index in [2.05, 4.69) is 24.4 Å². The molecule has 0 bridgehead atoms. The lowest BCUT2D eigenvalue weighted by Crippen LogP contribution is -1.96. The Morgan fingerprint density at radius 2 is 2.45 bits per heavy atom. The lowest BCUT2D eigenvalue weighted by molar-refractivity contribution is 0.732. The lowest BCUT2D eigenvalue weighted by Gasteiger charge is -2.03. The minimum atomic E-state index is 0.358. The van der Waals surface area contributed by atoms with E-state index in [1.165, 1.54) is 4.88 Å². The monoisotopic (exact) mass is 188 g/mol. The molecular weight excluding hydrogens is 176 g/mol. The topological polar surface area (TPSA) is 0 Å². The van der Waals surface area contributed by atoms with Crippen LogP contribution in [0.1, 0.15) is 24.6 Å².